The van der Waals surface area contributed by atoms with Gasteiger partial charge >= 0.3 is 0 Å². The van der Waals surface area contributed by atoms with E-state index in [2.05, 4.69) is 5.32 Å². The molecule has 0 saturated heterocycles. The van der Waals surface area contributed by atoms with Gasteiger partial charge in [0.2, 0.25) is 5.91 Å². The van der Waals surface area contributed by atoms with E-state index in [1.807, 2.05) is 60.7 Å². The maximum Gasteiger partial charge on any atom is 0.224 e. The minimum absolute atomic E-state index is 0.119. The number of halogens is 1. The number of hydrogen-bond donors (Lipinski definition) is 1. The second-order valence-corrected chi connectivity index (χ2v) is 6.31. The van der Waals surface area contributed by atoms with Gasteiger partial charge in [-0.05, 0) is 48.9 Å². The third-order valence-corrected chi connectivity index (χ3v) is 3.98. The minimum atomic E-state index is -0.119. The molecular weight excluding hydrogens is 362 g/mol. The monoisotopic (exact) mass is 381 g/mol. The number of para-hydroxylation sites is 2. The molecule has 4 nitrogen and oxygen atoms in total. The van der Waals surface area contributed by atoms with Crippen LogP contribution in [0.15, 0.2) is 78.9 Å². The lowest BCUT2D eigenvalue weighted by Crippen LogP contribution is -2.13. The number of rotatable bonds is 8. The topological polar surface area (TPSA) is 47.6 Å². The molecule has 0 heterocycles. The second kappa shape index (κ2) is 9.64. The molecule has 0 aliphatic rings. The minimum Gasteiger partial charge on any atom is -0.494 e. The maximum atomic E-state index is 12.3. The molecule has 0 atom stereocenters. The Balaban J connectivity index is 1.54. The maximum absolute atomic E-state index is 12.3. The molecule has 0 spiro atoms. The van der Waals surface area contributed by atoms with Crippen LogP contribution >= 0.6 is 11.6 Å². The van der Waals surface area contributed by atoms with Crippen molar-refractivity contribution in [3.05, 3.63) is 83.9 Å². The van der Waals surface area contributed by atoms with E-state index in [-0.39, 0.29) is 5.91 Å². The highest BCUT2D eigenvalue weighted by Gasteiger charge is 2.10. The highest BCUT2D eigenvalue weighted by atomic mass is 35.5. The molecule has 0 aliphatic carbocycles. The standard InChI is InChI=1S/C22H20ClNO3/c23-17-13-14-21(27-19-10-5-2-6-11-19)20(16-17)24-22(25)12-7-15-26-18-8-3-1-4-9-18/h1-6,8-11,13-14,16H,7,12,15H2,(H,24,25). The summed E-state index contributed by atoms with van der Waals surface area (Å²) in [5.74, 6) is 1.91. The Morgan fingerprint density at radius 2 is 1.56 bits per heavy atom. The van der Waals surface area contributed by atoms with Crippen LogP contribution in [-0.4, -0.2) is 12.5 Å². The summed E-state index contributed by atoms with van der Waals surface area (Å²) in [4.78, 5) is 12.3. The average molecular weight is 382 g/mol. The quantitative estimate of drug-likeness (QED) is 0.492. The van der Waals surface area contributed by atoms with Crippen molar-refractivity contribution >= 4 is 23.2 Å². The molecular formula is C22H20ClNO3. The van der Waals surface area contributed by atoms with Crippen molar-refractivity contribution in [3.8, 4) is 17.2 Å². The molecule has 0 radical (unpaired) electrons. The fraction of sp³-hybridized carbons (Fsp3) is 0.136. The zero-order valence-corrected chi connectivity index (χ0v) is 15.5. The number of hydrogen-bond acceptors (Lipinski definition) is 3. The van der Waals surface area contributed by atoms with E-state index in [1.165, 1.54) is 0 Å². The number of nitrogens with one attached hydrogen (secondary N) is 1. The molecule has 0 unspecified atom stereocenters. The summed E-state index contributed by atoms with van der Waals surface area (Å²) in [7, 11) is 0. The third kappa shape index (κ3) is 6.04. The van der Waals surface area contributed by atoms with Gasteiger partial charge in [0.1, 0.15) is 11.5 Å². The third-order valence-electron chi connectivity index (χ3n) is 3.75. The first kappa shape index (κ1) is 18.8. The summed E-state index contributed by atoms with van der Waals surface area (Å²) in [5, 5.41) is 3.39. The van der Waals surface area contributed by atoms with Gasteiger partial charge in [-0.1, -0.05) is 48.0 Å². The van der Waals surface area contributed by atoms with Gasteiger partial charge in [0.05, 0.1) is 12.3 Å². The van der Waals surface area contributed by atoms with Crippen molar-refractivity contribution in [3.63, 3.8) is 0 Å². The molecule has 3 aromatic rings. The van der Waals surface area contributed by atoms with E-state index in [0.717, 1.165) is 5.75 Å². The summed E-state index contributed by atoms with van der Waals surface area (Å²) in [6.07, 6.45) is 0.945. The zero-order valence-electron chi connectivity index (χ0n) is 14.7. The van der Waals surface area contributed by atoms with Gasteiger partial charge in [-0.25, -0.2) is 0 Å². The molecule has 0 fully saturated rings. The number of carbonyl (C=O) groups is 1. The lowest BCUT2D eigenvalue weighted by Gasteiger charge is -2.13. The van der Waals surface area contributed by atoms with E-state index in [1.54, 1.807) is 18.2 Å². The first-order valence-electron chi connectivity index (χ1n) is 8.71. The van der Waals surface area contributed by atoms with Crippen LogP contribution in [0.1, 0.15) is 12.8 Å². The molecule has 5 heteroatoms. The van der Waals surface area contributed by atoms with Crippen LogP contribution in [0.4, 0.5) is 5.69 Å². The SMILES string of the molecule is O=C(CCCOc1ccccc1)Nc1cc(Cl)ccc1Oc1ccccc1. The Kier molecular flexibility index (Phi) is 6.72. The molecule has 138 valence electrons. The molecule has 1 N–H and O–H groups in total. The Morgan fingerprint density at radius 1 is 0.889 bits per heavy atom. The Bertz CT molecular complexity index is 869. The fourth-order valence-corrected chi connectivity index (χ4v) is 2.63. The lowest BCUT2D eigenvalue weighted by atomic mass is 10.2. The van der Waals surface area contributed by atoms with E-state index < -0.39 is 0 Å². The van der Waals surface area contributed by atoms with Gasteiger partial charge in [-0.2, -0.15) is 0 Å². The molecule has 0 aliphatic heterocycles. The lowest BCUT2D eigenvalue weighted by molar-refractivity contribution is -0.116. The van der Waals surface area contributed by atoms with Crippen molar-refractivity contribution < 1.29 is 14.3 Å². The number of amides is 1. The van der Waals surface area contributed by atoms with Gasteiger partial charge in [0.25, 0.3) is 0 Å². The Labute approximate surface area is 163 Å². The molecule has 0 aromatic heterocycles. The first-order valence-corrected chi connectivity index (χ1v) is 9.09. The summed E-state index contributed by atoms with van der Waals surface area (Å²) >= 11 is 6.07. The van der Waals surface area contributed by atoms with Crippen LogP contribution in [-0.2, 0) is 4.79 Å². The predicted octanol–water partition coefficient (Wildman–Crippen LogP) is 5.93. The van der Waals surface area contributed by atoms with Crippen molar-refractivity contribution in [1.29, 1.82) is 0 Å². The Morgan fingerprint density at radius 3 is 2.26 bits per heavy atom. The molecule has 0 saturated carbocycles. The summed E-state index contributed by atoms with van der Waals surface area (Å²) in [6, 6.07) is 24.1. The Hall–Kier alpha value is -2.98. The van der Waals surface area contributed by atoms with Crippen molar-refractivity contribution in [2.24, 2.45) is 0 Å². The summed E-state index contributed by atoms with van der Waals surface area (Å²) < 4.78 is 11.5. The molecule has 0 bridgehead atoms. The van der Waals surface area contributed by atoms with Crippen LogP contribution in [0.25, 0.3) is 0 Å². The first-order chi connectivity index (χ1) is 13.2. The average Bonchev–Trinajstić information content (AvgIpc) is 2.69. The number of anilines is 1. The van der Waals surface area contributed by atoms with Crippen molar-refractivity contribution in [1.82, 2.24) is 0 Å². The van der Waals surface area contributed by atoms with Crippen molar-refractivity contribution in [2.75, 3.05) is 11.9 Å². The second-order valence-electron chi connectivity index (χ2n) is 5.87. The number of carbonyl (C=O) groups excluding carboxylic acids is 1. The molecule has 3 rings (SSSR count). The van der Waals surface area contributed by atoms with Crippen LogP contribution < -0.4 is 14.8 Å². The van der Waals surface area contributed by atoms with Crippen molar-refractivity contribution in [2.45, 2.75) is 12.8 Å². The van der Waals surface area contributed by atoms with Crippen LogP contribution in [0.2, 0.25) is 5.02 Å². The van der Waals surface area contributed by atoms with Gasteiger partial charge in [0, 0.05) is 11.4 Å². The molecule has 3 aromatic carbocycles. The highest BCUT2D eigenvalue weighted by molar-refractivity contribution is 6.31. The fourth-order valence-electron chi connectivity index (χ4n) is 2.46. The van der Waals surface area contributed by atoms with Crippen LogP contribution in [0, 0.1) is 0 Å². The van der Waals surface area contributed by atoms with Gasteiger partial charge in [0.15, 0.2) is 5.75 Å². The molecule has 1 amide bonds. The normalized spacial score (nSPS) is 10.3. The van der Waals surface area contributed by atoms with Crippen LogP contribution in [0.5, 0.6) is 17.2 Å². The number of benzene rings is 3. The molecule has 27 heavy (non-hydrogen) atoms. The smallest absolute Gasteiger partial charge is 0.224 e. The summed E-state index contributed by atoms with van der Waals surface area (Å²) in [5.41, 5.74) is 0.542. The van der Waals surface area contributed by atoms with Crippen LogP contribution in [0.3, 0.4) is 0 Å². The largest absolute Gasteiger partial charge is 0.494 e. The van der Waals surface area contributed by atoms with Gasteiger partial charge in [-0.15, -0.1) is 0 Å². The van der Waals surface area contributed by atoms with E-state index in [9.17, 15) is 4.79 Å². The zero-order chi connectivity index (χ0) is 18.9. The van der Waals surface area contributed by atoms with Gasteiger partial charge < -0.3 is 14.8 Å². The predicted molar refractivity (Wildman–Crippen MR) is 108 cm³/mol. The van der Waals surface area contributed by atoms with E-state index in [4.69, 9.17) is 21.1 Å². The summed E-state index contributed by atoms with van der Waals surface area (Å²) in [6.45, 7) is 0.473. The van der Waals surface area contributed by atoms with E-state index in [0.29, 0.717) is 41.7 Å². The van der Waals surface area contributed by atoms with Gasteiger partial charge in [-0.3, -0.25) is 4.79 Å². The number of ether oxygens (including phenoxy) is 2. The van der Waals surface area contributed by atoms with E-state index >= 15 is 0 Å². The highest BCUT2D eigenvalue weighted by Crippen LogP contribution is 2.32.